The summed E-state index contributed by atoms with van der Waals surface area (Å²) in [7, 11) is 3.05. The number of halogens is 6. The average molecular weight is 723 g/mol. The van der Waals surface area contributed by atoms with Gasteiger partial charge in [0, 0.05) is 31.0 Å². The Balaban J connectivity index is 0.000000468. The molecule has 4 N–H and O–H groups in total. The Morgan fingerprint density at radius 2 is 1.18 bits per heavy atom. The van der Waals surface area contributed by atoms with Crippen LogP contribution in [0.2, 0.25) is 0 Å². The molecule has 4 rings (SSSR count). The fraction of sp³-hybridized carbons (Fsp3) is 0.515. The molecular weight excluding hydrogens is 678 g/mol. The van der Waals surface area contributed by atoms with E-state index in [0.717, 1.165) is 6.42 Å². The SMILES string of the molecule is C.CCCc1c(OCCCC(=O)NC)ccc2c(C(F)(F)F)noc12.CCCc1c(OCCCC(=O)O)ccc2c(C(F)(F)F)noc12.CN. The minimum Gasteiger partial charge on any atom is -0.493 e. The van der Waals surface area contributed by atoms with Gasteiger partial charge in [-0.05, 0) is 57.0 Å². The highest BCUT2D eigenvalue weighted by Crippen LogP contribution is 2.39. The summed E-state index contributed by atoms with van der Waals surface area (Å²) < 4.78 is 98.5. The lowest BCUT2D eigenvalue weighted by atomic mass is 10.0. The summed E-state index contributed by atoms with van der Waals surface area (Å²) in [4.78, 5) is 21.6. The summed E-state index contributed by atoms with van der Waals surface area (Å²) in [6, 6.07) is 5.52. The molecule has 4 aromatic rings. The molecule has 0 atom stereocenters. The van der Waals surface area contributed by atoms with Gasteiger partial charge in [-0.25, -0.2) is 0 Å². The summed E-state index contributed by atoms with van der Waals surface area (Å²) in [5.41, 5.74) is 3.67. The second-order valence-corrected chi connectivity index (χ2v) is 10.4. The molecule has 0 aliphatic carbocycles. The number of hydrogen-bond donors (Lipinski definition) is 3. The van der Waals surface area contributed by atoms with Gasteiger partial charge in [0.05, 0.1) is 24.0 Å². The second kappa shape index (κ2) is 20.2. The monoisotopic (exact) mass is 722 g/mol. The Labute approximate surface area is 285 Å². The highest BCUT2D eigenvalue weighted by atomic mass is 19.4. The molecule has 1 amide bonds. The molecule has 0 aliphatic rings. The Morgan fingerprint density at radius 3 is 1.52 bits per heavy atom. The highest BCUT2D eigenvalue weighted by Gasteiger charge is 2.38. The van der Waals surface area contributed by atoms with Crippen LogP contribution < -0.4 is 20.5 Å². The zero-order valence-electron chi connectivity index (χ0n) is 27.5. The van der Waals surface area contributed by atoms with Gasteiger partial charge in [-0.2, -0.15) is 26.3 Å². The molecule has 0 saturated carbocycles. The van der Waals surface area contributed by atoms with Crippen LogP contribution in [0.3, 0.4) is 0 Å². The molecule has 11 nitrogen and oxygen atoms in total. The molecule has 0 saturated heterocycles. The van der Waals surface area contributed by atoms with E-state index in [2.05, 4.69) is 21.4 Å². The van der Waals surface area contributed by atoms with Crippen molar-refractivity contribution in [3.05, 3.63) is 46.8 Å². The highest BCUT2D eigenvalue weighted by molar-refractivity contribution is 5.86. The van der Waals surface area contributed by atoms with Crippen LogP contribution in [0.4, 0.5) is 26.3 Å². The first-order chi connectivity index (χ1) is 23.2. The van der Waals surface area contributed by atoms with Crippen LogP contribution in [0, 0.1) is 0 Å². The maximum absolute atomic E-state index is 12.9. The van der Waals surface area contributed by atoms with E-state index < -0.39 is 29.7 Å². The summed E-state index contributed by atoms with van der Waals surface area (Å²) in [5.74, 6) is -0.156. The normalized spacial score (nSPS) is 11.2. The van der Waals surface area contributed by atoms with E-state index in [4.69, 9.17) is 23.6 Å². The lowest BCUT2D eigenvalue weighted by Gasteiger charge is -2.11. The number of aryl methyl sites for hydroxylation is 2. The number of hydrogen-bond acceptors (Lipinski definition) is 9. The van der Waals surface area contributed by atoms with Gasteiger partial charge < -0.3 is 34.7 Å². The van der Waals surface area contributed by atoms with Crippen LogP contribution in [0.5, 0.6) is 11.5 Å². The second-order valence-electron chi connectivity index (χ2n) is 10.4. The van der Waals surface area contributed by atoms with Crippen LogP contribution in [0.25, 0.3) is 21.9 Å². The Kier molecular flexibility index (Phi) is 17.6. The molecular formula is C33H44F6N4O7. The third-order valence-electron chi connectivity index (χ3n) is 6.82. The maximum Gasteiger partial charge on any atom is 0.437 e. The molecule has 2 heterocycles. The van der Waals surface area contributed by atoms with Crippen molar-refractivity contribution < 1.29 is 59.6 Å². The summed E-state index contributed by atoms with van der Waals surface area (Å²) in [6.45, 7) is 4.24. The zero-order chi connectivity index (χ0) is 36.8. The number of nitrogens with zero attached hydrogens (tertiary/aromatic N) is 2. The van der Waals surface area contributed by atoms with E-state index >= 15 is 0 Å². The number of alkyl halides is 6. The number of rotatable bonds is 14. The number of amides is 1. The largest absolute Gasteiger partial charge is 0.493 e. The predicted octanol–water partition coefficient (Wildman–Crippen LogP) is 7.96. The van der Waals surface area contributed by atoms with Crippen molar-refractivity contribution in [3.63, 3.8) is 0 Å². The zero-order valence-corrected chi connectivity index (χ0v) is 27.5. The van der Waals surface area contributed by atoms with Crippen LogP contribution in [0.15, 0.2) is 33.3 Å². The van der Waals surface area contributed by atoms with Gasteiger partial charge in [-0.1, -0.05) is 44.4 Å². The van der Waals surface area contributed by atoms with E-state index in [-0.39, 0.29) is 54.9 Å². The van der Waals surface area contributed by atoms with Gasteiger partial charge in [0.15, 0.2) is 22.6 Å². The van der Waals surface area contributed by atoms with Crippen molar-refractivity contribution in [1.82, 2.24) is 15.6 Å². The number of ether oxygens (including phenoxy) is 2. The number of carbonyl (C=O) groups excluding carboxylic acids is 1. The van der Waals surface area contributed by atoms with Crippen LogP contribution in [0.1, 0.15) is 82.3 Å². The Hall–Kier alpha value is -4.54. The standard InChI is InChI=1S/C16H19F3N2O3.C15H16F3NO4.CH5N.CH4/c1-3-5-10-12(23-9-4-6-13(22)20-2)8-7-11-14(10)24-21-15(11)16(17,18)19;1-2-4-9-11(22-8-3-5-12(20)21)7-6-10-13(9)23-19-14(10)15(16,17)18;1-2;/h7-8H,3-6,9H2,1-2H3,(H,20,22);6-7H,2-5,8H2,1H3,(H,20,21);2H2,1H3;1H4. The number of carboxylic acids is 1. The van der Waals surface area contributed by atoms with Crippen molar-refractivity contribution in [2.24, 2.45) is 5.73 Å². The molecule has 0 spiro atoms. The van der Waals surface area contributed by atoms with E-state index in [1.54, 1.807) is 7.05 Å². The summed E-state index contributed by atoms with van der Waals surface area (Å²) >= 11 is 0. The smallest absolute Gasteiger partial charge is 0.437 e. The number of nitrogens with one attached hydrogen (secondary N) is 1. The third-order valence-corrected chi connectivity index (χ3v) is 6.82. The van der Waals surface area contributed by atoms with E-state index in [1.165, 1.54) is 31.3 Å². The van der Waals surface area contributed by atoms with Gasteiger partial charge in [0.25, 0.3) is 0 Å². The van der Waals surface area contributed by atoms with Crippen molar-refractivity contribution in [1.29, 1.82) is 0 Å². The Bertz CT molecular complexity index is 1650. The first kappa shape index (κ1) is 43.5. The van der Waals surface area contributed by atoms with E-state index in [9.17, 15) is 35.9 Å². The third kappa shape index (κ3) is 11.8. The number of fused-ring (bicyclic) bond motifs is 2. The number of aromatic nitrogens is 2. The van der Waals surface area contributed by atoms with Crippen LogP contribution in [-0.4, -0.2) is 54.6 Å². The predicted molar refractivity (Wildman–Crippen MR) is 174 cm³/mol. The van der Waals surface area contributed by atoms with Crippen LogP contribution >= 0.6 is 0 Å². The lowest BCUT2D eigenvalue weighted by Crippen LogP contribution is -2.18. The molecule has 17 heteroatoms. The van der Waals surface area contributed by atoms with Crippen LogP contribution in [-0.2, 0) is 34.8 Å². The molecule has 280 valence electrons. The molecule has 50 heavy (non-hydrogen) atoms. The average Bonchev–Trinajstić information content (AvgIpc) is 3.70. The van der Waals surface area contributed by atoms with Gasteiger partial charge in [-0.3, -0.25) is 9.59 Å². The minimum atomic E-state index is -4.58. The topological polar surface area (TPSA) is 163 Å². The molecule has 0 radical (unpaired) electrons. The van der Waals surface area contributed by atoms with Gasteiger partial charge in [0.2, 0.25) is 5.91 Å². The van der Waals surface area contributed by atoms with Crippen molar-refractivity contribution in [3.8, 4) is 11.5 Å². The summed E-state index contributed by atoms with van der Waals surface area (Å²) in [6.07, 6.45) is -5.66. The first-order valence-electron chi connectivity index (χ1n) is 15.4. The minimum absolute atomic E-state index is 0. The van der Waals surface area contributed by atoms with Gasteiger partial charge in [-0.15, -0.1) is 0 Å². The fourth-order valence-electron chi connectivity index (χ4n) is 4.68. The van der Waals surface area contributed by atoms with Crippen molar-refractivity contribution in [2.45, 2.75) is 85.0 Å². The fourth-order valence-corrected chi connectivity index (χ4v) is 4.68. The number of carbonyl (C=O) groups is 2. The van der Waals surface area contributed by atoms with E-state index in [0.29, 0.717) is 61.2 Å². The molecule has 0 fully saturated rings. The maximum atomic E-state index is 12.9. The van der Waals surface area contributed by atoms with Crippen molar-refractivity contribution in [2.75, 3.05) is 27.3 Å². The number of benzene rings is 2. The molecule has 0 aliphatic heterocycles. The van der Waals surface area contributed by atoms with Gasteiger partial charge in [0.1, 0.15) is 11.5 Å². The molecule has 2 aromatic carbocycles. The molecule has 0 bridgehead atoms. The van der Waals surface area contributed by atoms with Crippen molar-refractivity contribution >= 4 is 33.8 Å². The lowest BCUT2D eigenvalue weighted by molar-refractivity contribution is -0.142. The first-order valence-corrected chi connectivity index (χ1v) is 15.4. The molecule has 2 aromatic heterocycles. The number of nitrogens with two attached hydrogens (primary N) is 1. The Morgan fingerprint density at radius 1 is 0.780 bits per heavy atom. The molecule has 0 unspecified atom stereocenters. The van der Waals surface area contributed by atoms with Gasteiger partial charge >= 0.3 is 18.3 Å². The van der Waals surface area contributed by atoms with E-state index in [1.807, 2.05) is 13.8 Å². The quantitative estimate of drug-likeness (QED) is 0.0860. The number of aliphatic carboxylic acids is 1. The summed E-state index contributed by atoms with van der Waals surface area (Å²) in [5, 5.41) is 17.2. The number of carboxylic acid groups (broad SMARTS) is 1.